The number of nitrogen functional groups attached to an aromatic ring is 1. The van der Waals surface area contributed by atoms with E-state index in [1.165, 1.54) is 21.9 Å². The SMILES string of the molecule is CCN(c1ncnc(NCc2ccc(C)cc2)c1N)c1cccc2ccccc12. The Balaban J connectivity index is 1.66. The van der Waals surface area contributed by atoms with E-state index in [9.17, 15) is 0 Å². The van der Waals surface area contributed by atoms with Crippen LogP contribution in [-0.2, 0) is 6.54 Å². The molecule has 0 saturated heterocycles. The van der Waals surface area contributed by atoms with Crippen molar-refractivity contribution in [2.75, 3.05) is 22.5 Å². The Morgan fingerprint density at radius 1 is 0.931 bits per heavy atom. The molecule has 1 heterocycles. The quantitative estimate of drug-likeness (QED) is 0.473. The molecule has 29 heavy (non-hydrogen) atoms. The number of nitrogens with two attached hydrogens (primary N) is 1. The van der Waals surface area contributed by atoms with Crippen LogP contribution in [0.4, 0.5) is 23.0 Å². The average Bonchev–Trinajstić information content (AvgIpc) is 2.76. The molecule has 0 aliphatic rings. The summed E-state index contributed by atoms with van der Waals surface area (Å²) in [4.78, 5) is 11.0. The van der Waals surface area contributed by atoms with Crippen molar-refractivity contribution in [1.82, 2.24) is 9.97 Å². The highest BCUT2D eigenvalue weighted by Gasteiger charge is 2.17. The topological polar surface area (TPSA) is 67.1 Å². The molecule has 0 aliphatic carbocycles. The van der Waals surface area contributed by atoms with Gasteiger partial charge >= 0.3 is 0 Å². The predicted molar refractivity (Wildman–Crippen MR) is 122 cm³/mol. The predicted octanol–water partition coefficient (Wildman–Crippen LogP) is 5.29. The number of aryl methyl sites for hydroxylation is 1. The Hall–Kier alpha value is -3.60. The Morgan fingerprint density at radius 3 is 2.48 bits per heavy atom. The minimum atomic E-state index is 0.550. The molecule has 4 rings (SSSR count). The zero-order valence-corrected chi connectivity index (χ0v) is 16.8. The third kappa shape index (κ3) is 3.85. The second kappa shape index (κ2) is 8.19. The van der Waals surface area contributed by atoms with Gasteiger partial charge in [0.05, 0.1) is 5.69 Å². The number of rotatable bonds is 6. The van der Waals surface area contributed by atoms with E-state index >= 15 is 0 Å². The first-order valence-electron chi connectivity index (χ1n) is 9.82. The normalized spacial score (nSPS) is 10.8. The maximum absolute atomic E-state index is 6.50. The third-order valence-corrected chi connectivity index (χ3v) is 5.07. The Morgan fingerprint density at radius 2 is 1.69 bits per heavy atom. The summed E-state index contributed by atoms with van der Waals surface area (Å²) in [5, 5.41) is 5.71. The van der Waals surface area contributed by atoms with Crippen molar-refractivity contribution < 1.29 is 0 Å². The maximum Gasteiger partial charge on any atom is 0.161 e. The lowest BCUT2D eigenvalue weighted by Crippen LogP contribution is -2.20. The van der Waals surface area contributed by atoms with Crippen LogP contribution in [0.3, 0.4) is 0 Å². The van der Waals surface area contributed by atoms with E-state index < -0.39 is 0 Å². The third-order valence-electron chi connectivity index (χ3n) is 5.07. The molecular weight excluding hydrogens is 358 g/mol. The molecule has 3 aromatic carbocycles. The molecule has 0 fully saturated rings. The minimum Gasteiger partial charge on any atom is -0.393 e. The fourth-order valence-electron chi connectivity index (χ4n) is 3.51. The van der Waals surface area contributed by atoms with Gasteiger partial charge in [0.1, 0.15) is 12.0 Å². The van der Waals surface area contributed by atoms with Crippen LogP contribution >= 0.6 is 0 Å². The molecule has 0 aliphatic heterocycles. The van der Waals surface area contributed by atoms with Gasteiger partial charge in [-0.25, -0.2) is 9.97 Å². The van der Waals surface area contributed by atoms with Crippen molar-refractivity contribution in [2.45, 2.75) is 20.4 Å². The van der Waals surface area contributed by atoms with Gasteiger partial charge in [-0.1, -0.05) is 66.2 Å². The van der Waals surface area contributed by atoms with Gasteiger partial charge in [-0.15, -0.1) is 0 Å². The first-order chi connectivity index (χ1) is 14.2. The summed E-state index contributed by atoms with van der Waals surface area (Å²) >= 11 is 0. The van der Waals surface area contributed by atoms with Gasteiger partial charge in [0.25, 0.3) is 0 Å². The fraction of sp³-hybridized carbons (Fsp3) is 0.167. The van der Waals surface area contributed by atoms with E-state index in [0.717, 1.165) is 12.2 Å². The molecule has 3 N–H and O–H groups in total. The highest BCUT2D eigenvalue weighted by Crippen LogP contribution is 2.35. The number of anilines is 4. The van der Waals surface area contributed by atoms with Crippen LogP contribution in [0.2, 0.25) is 0 Å². The van der Waals surface area contributed by atoms with E-state index in [0.29, 0.717) is 23.9 Å². The Bertz CT molecular complexity index is 1120. The first kappa shape index (κ1) is 18.7. The molecule has 0 unspecified atom stereocenters. The van der Waals surface area contributed by atoms with E-state index in [1.54, 1.807) is 6.33 Å². The summed E-state index contributed by atoms with van der Waals surface area (Å²) in [7, 11) is 0. The van der Waals surface area contributed by atoms with Crippen LogP contribution < -0.4 is 16.0 Å². The molecule has 0 amide bonds. The van der Waals surface area contributed by atoms with Crippen LogP contribution in [0.5, 0.6) is 0 Å². The molecule has 4 aromatic rings. The molecule has 0 radical (unpaired) electrons. The lowest BCUT2D eigenvalue weighted by Gasteiger charge is -2.25. The standard InChI is InChI=1S/C24H25N5/c1-3-29(21-10-6-8-19-7-4-5-9-20(19)21)24-22(25)23(27-16-28-24)26-15-18-13-11-17(2)12-14-18/h4-14,16H,3,15,25H2,1-2H3,(H,26,27,28). The number of hydrogen-bond acceptors (Lipinski definition) is 5. The summed E-state index contributed by atoms with van der Waals surface area (Å²) in [6.45, 7) is 5.58. The second-order valence-corrected chi connectivity index (χ2v) is 7.04. The highest BCUT2D eigenvalue weighted by molar-refractivity contribution is 5.97. The fourth-order valence-corrected chi connectivity index (χ4v) is 3.51. The van der Waals surface area contributed by atoms with Crippen molar-refractivity contribution >= 4 is 33.8 Å². The molecule has 1 aromatic heterocycles. The smallest absolute Gasteiger partial charge is 0.161 e. The van der Waals surface area contributed by atoms with Crippen LogP contribution in [0.1, 0.15) is 18.1 Å². The van der Waals surface area contributed by atoms with Gasteiger partial charge in [-0.05, 0) is 30.9 Å². The summed E-state index contributed by atoms with van der Waals surface area (Å²) in [6.07, 6.45) is 1.57. The molecular formula is C24H25N5. The molecule has 0 spiro atoms. The summed E-state index contributed by atoms with van der Waals surface area (Å²) < 4.78 is 0. The molecule has 0 saturated carbocycles. The van der Waals surface area contributed by atoms with Gasteiger partial charge < -0.3 is 16.0 Å². The van der Waals surface area contributed by atoms with Crippen molar-refractivity contribution in [3.63, 3.8) is 0 Å². The molecule has 5 heteroatoms. The van der Waals surface area contributed by atoms with Crippen molar-refractivity contribution in [1.29, 1.82) is 0 Å². The van der Waals surface area contributed by atoms with E-state index in [2.05, 4.69) is 101 Å². The highest BCUT2D eigenvalue weighted by atomic mass is 15.2. The van der Waals surface area contributed by atoms with Crippen LogP contribution in [0, 0.1) is 6.92 Å². The molecule has 0 bridgehead atoms. The minimum absolute atomic E-state index is 0.550. The van der Waals surface area contributed by atoms with Crippen molar-refractivity contribution in [3.8, 4) is 0 Å². The number of nitrogens with zero attached hydrogens (tertiary/aromatic N) is 3. The zero-order chi connectivity index (χ0) is 20.2. The molecule has 146 valence electrons. The number of benzene rings is 3. The molecule has 0 atom stereocenters. The van der Waals surface area contributed by atoms with Crippen LogP contribution in [0.25, 0.3) is 10.8 Å². The first-order valence-corrected chi connectivity index (χ1v) is 9.82. The summed E-state index contributed by atoms with van der Waals surface area (Å²) in [6, 6.07) is 23.0. The van der Waals surface area contributed by atoms with Gasteiger partial charge in [0.15, 0.2) is 11.6 Å². The Labute approximate surface area is 171 Å². The number of aromatic nitrogens is 2. The number of hydrogen-bond donors (Lipinski definition) is 2. The largest absolute Gasteiger partial charge is 0.393 e. The number of nitrogens with one attached hydrogen (secondary N) is 1. The van der Waals surface area contributed by atoms with E-state index in [4.69, 9.17) is 5.73 Å². The Kier molecular flexibility index (Phi) is 5.29. The number of fused-ring (bicyclic) bond motifs is 1. The zero-order valence-electron chi connectivity index (χ0n) is 16.8. The van der Waals surface area contributed by atoms with Crippen LogP contribution in [0.15, 0.2) is 73.1 Å². The lowest BCUT2D eigenvalue weighted by atomic mass is 10.1. The van der Waals surface area contributed by atoms with Crippen molar-refractivity contribution in [3.05, 3.63) is 84.2 Å². The average molecular weight is 383 g/mol. The van der Waals surface area contributed by atoms with Gasteiger partial charge in [0, 0.05) is 18.5 Å². The second-order valence-electron chi connectivity index (χ2n) is 7.04. The van der Waals surface area contributed by atoms with E-state index in [1.807, 2.05) is 0 Å². The van der Waals surface area contributed by atoms with Gasteiger partial charge in [-0.3, -0.25) is 0 Å². The van der Waals surface area contributed by atoms with Crippen LogP contribution in [-0.4, -0.2) is 16.5 Å². The lowest BCUT2D eigenvalue weighted by molar-refractivity contribution is 0.979. The summed E-state index contributed by atoms with van der Waals surface area (Å²) in [5.41, 5.74) is 10.6. The van der Waals surface area contributed by atoms with Crippen molar-refractivity contribution in [2.24, 2.45) is 0 Å². The monoisotopic (exact) mass is 383 g/mol. The summed E-state index contributed by atoms with van der Waals surface area (Å²) in [5.74, 6) is 1.36. The van der Waals surface area contributed by atoms with Gasteiger partial charge in [0.2, 0.25) is 0 Å². The van der Waals surface area contributed by atoms with Gasteiger partial charge in [-0.2, -0.15) is 0 Å². The molecule has 5 nitrogen and oxygen atoms in total. The van der Waals surface area contributed by atoms with E-state index in [-0.39, 0.29) is 0 Å². The maximum atomic E-state index is 6.50.